The summed E-state index contributed by atoms with van der Waals surface area (Å²) < 4.78 is 23.5. The van der Waals surface area contributed by atoms with Crippen LogP contribution in [0.3, 0.4) is 0 Å². The molecule has 0 aromatic heterocycles. The number of alkyl halides is 1. The van der Waals surface area contributed by atoms with Gasteiger partial charge in [-0.05, 0) is 12.5 Å². The van der Waals surface area contributed by atoms with Crippen LogP contribution in [0.5, 0.6) is 0 Å². The average Bonchev–Trinajstić information content (AvgIpc) is 2.17. The molecule has 0 aliphatic carbocycles. The molecule has 1 aromatic rings. The lowest BCUT2D eigenvalue weighted by molar-refractivity contribution is 0.252. The minimum absolute atomic E-state index is 0.136. The van der Waals surface area contributed by atoms with Gasteiger partial charge in [0.2, 0.25) is 0 Å². The van der Waals surface area contributed by atoms with E-state index in [0.29, 0.717) is 0 Å². The van der Waals surface area contributed by atoms with Gasteiger partial charge in [-0.25, -0.2) is 4.18 Å². The van der Waals surface area contributed by atoms with Gasteiger partial charge in [-0.2, -0.15) is 4.21 Å². The molecule has 0 radical (unpaired) electrons. The van der Waals surface area contributed by atoms with E-state index in [2.05, 4.69) is 4.18 Å². The largest absolute Gasteiger partial charge is 0.303 e. The zero-order valence-electron chi connectivity index (χ0n) is 8.51. The second-order valence-electron chi connectivity index (χ2n) is 3.36. The minimum Gasteiger partial charge on any atom is -0.284 e. The Morgan fingerprint density at radius 3 is 2.40 bits per heavy atom. The Labute approximate surface area is 96.9 Å². The highest BCUT2D eigenvalue weighted by Gasteiger charge is 2.19. The van der Waals surface area contributed by atoms with Gasteiger partial charge in [0.05, 0.1) is 0 Å². The Kier molecular flexibility index (Phi) is 4.73. The van der Waals surface area contributed by atoms with Crippen molar-refractivity contribution in [2.75, 3.05) is 0 Å². The van der Waals surface area contributed by atoms with Crippen LogP contribution in [-0.4, -0.2) is 14.3 Å². The van der Waals surface area contributed by atoms with Gasteiger partial charge in [0, 0.05) is 5.92 Å². The van der Waals surface area contributed by atoms with Crippen molar-refractivity contribution < 1.29 is 12.9 Å². The zero-order valence-corrected chi connectivity index (χ0v) is 10.1. The predicted octanol–water partition coefficient (Wildman–Crippen LogP) is 2.82. The summed E-state index contributed by atoms with van der Waals surface area (Å²) in [5.74, 6) is -0.136. The fourth-order valence-electron chi connectivity index (χ4n) is 1.18. The third-order valence-corrected chi connectivity index (χ3v) is 3.12. The van der Waals surface area contributed by atoms with E-state index in [4.69, 9.17) is 16.2 Å². The summed E-state index contributed by atoms with van der Waals surface area (Å²) in [7, 11) is 0. The van der Waals surface area contributed by atoms with Gasteiger partial charge in [-0.1, -0.05) is 48.4 Å². The first-order valence-corrected chi connectivity index (χ1v) is 5.96. The van der Waals surface area contributed by atoms with Gasteiger partial charge in [0.1, 0.15) is 0 Å². The smallest absolute Gasteiger partial charge is 0.284 e. The van der Waals surface area contributed by atoms with E-state index in [0.717, 1.165) is 11.1 Å². The molecule has 1 aromatic carbocycles. The Morgan fingerprint density at radius 1 is 1.40 bits per heavy atom. The van der Waals surface area contributed by atoms with E-state index in [1.807, 2.05) is 38.1 Å². The Morgan fingerprint density at radius 2 is 1.93 bits per heavy atom. The van der Waals surface area contributed by atoms with Crippen LogP contribution in [0.4, 0.5) is 0 Å². The SMILES string of the molecule is Cc1ccc(C(C)C(Cl)OS(=O)O)cc1. The molecule has 0 heterocycles. The van der Waals surface area contributed by atoms with Crippen molar-refractivity contribution >= 4 is 23.0 Å². The topological polar surface area (TPSA) is 46.5 Å². The number of rotatable bonds is 4. The van der Waals surface area contributed by atoms with Crippen LogP contribution >= 0.6 is 11.6 Å². The fourth-order valence-corrected chi connectivity index (χ4v) is 1.84. The first-order valence-electron chi connectivity index (χ1n) is 4.49. The van der Waals surface area contributed by atoms with E-state index in [1.54, 1.807) is 0 Å². The van der Waals surface area contributed by atoms with Crippen LogP contribution in [-0.2, 0) is 15.5 Å². The van der Waals surface area contributed by atoms with Gasteiger partial charge in [-0.15, -0.1) is 0 Å². The maximum atomic E-state index is 10.4. The normalized spacial score (nSPS) is 17.1. The third kappa shape index (κ3) is 3.91. The fraction of sp³-hybridized carbons (Fsp3) is 0.400. The zero-order chi connectivity index (χ0) is 11.4. The molecule has 1 rings (SSSR count). The molecule has 0 amide bonds. The van der Waals surface area contributed by atoms with Crippen molar-refractivity contribution in [3.8, 4) is 0 Å². The van der Waals surface area contributed by atoms with Crippen LogP contribution in [0.25, 0.3) is 0 Å². The van der Waals surface area contributed by atoms with Gasteiger partial charge in [-0.3, -0.25) is 4.55 Å². The molecular formula is C10H13ClO3S. The highest BCUT2D eigenvalue weighted by molar-refractivity contribution is 7.74. The number of halogens is 1. The summed E-state index contributed by atoms with van der Waals surface area (Å²) in [6.07, 6.45) is 0. The lowest BCUT2D eigenvalue weighted by Gasteiger charge is -2.16. The maximum Gasteiger partial charge on any atom is 0.303 e. The lowest BCUT2D eigenvalue weighted by atomic mass is 10.0. The van der Waals surface area contributed by atoms with Gasteiger partial charge >= 0.3 is 11.4 Å². The molecule has 0 aliphatic heterocycles. The molecule has 0 aliphatic rings. The molecule has 3 atom stereocenters. The standard InChI is InChI=1S/C10H13ClO3S/c1-7-3-5-9(6-4-7)8(2)10(11)14-15(12)13/h3-6,8,10H,1-2H3,(H,12,13). The summed E-state index contributed by atoms with van der Waals surface area (Å²) in [4.78, 5) is 0. The van der Waals surface area contributed by atoms with E-state index in [-0.39, 0.29) is 5.92 Å². The highest BCUT2D eigenvalue weighted by atomic mass is 35.5. The number of benzene rings is 1. The van der Waals surface area contributed by atoms with Gasteiger partial charge in [0.15, 0.2) is 5.56 Å². The molecule has 0 saturated carbocycles. The molecule has 0 saturated heterocycles. The second-order valence-corrected chi connectivity index (χ2v) is 4.42. The van der Waals surface area contributed by atoms with E-state index >= 15 is 0 Å². The monoisotopic (exact) mass is 248 g/mol. The predicted molar refractivity (Wildman–Crippen MR) is 61.1 cm³/mol. The van der Waals surface area contributed by atoms with Crippen LogP contribution in [0.2, 0.25) is 0 Å². The van der Waals surface area contributed by atoms with E-state index in [9.17, 15) is 4.21 Å². The Balaban J connectivity index is 2.71. The molecule has 1 N–H and O–H groups in total. The van der Waals surface area contributed by atoms with Crippen molar-refractivity contribution in [1.29, 1.82) is 0 Å². The summed E-state index contributed by atoms with van der Waals surface area (Å²) in [6, 6.07) is 7.79. The number of aryl methyl sites for hydroxylation is 1. The molecule has 0 bridgehead atoms. The van der Waals surface area contributed by atoms with Crippen LogP contribution in [0.15, 0.2) is 24.3 Å². The highest BCUT2D eigenvalue weighted by Crippen LogP contribution is 2.24. The third-order valence-electron chi connectivity index (χ3n) is 2.17. The molecule has 3 nitrogen and oxygen atoms in total. The van der Waals surface area contributed by atoms with Crippen molar-refractivity contribution in [2.45, 2.75) is 25.3 Å². The average molecular weight is 249 g/mol. The van der Waals surface area contributed by atoms with Crippen LogP contribution in [0, 0.1) is 6.92 Å². The maximum absolute atomic E-state index is 10.4. The van der Waals surface area contributed by atoms with Gasteiger partial charge in [0.25, 0.3) is 0 Å². The summed E-state index contributed by atoms with van der Waals surface area (Å²) in [5, 5.41) is 0. The van der Waals surface area contributed by atoms with Gasteiger partial charge < -0.3 is 0 Å². The molecule has 5 heteroatoms. The molecule has 3 unspecified atom stereocenters. The van der Waals surface area contributed by atoms with Crippen molar-refractivity contribution in [3.05, 3.63) is 35.4 Å². The Bertz CT molecular complexity index is 339. The first kappa shape index (κ1) is 12.6. The summed E-state index contributed by atoms with van der Waals surface area (Å²) in [5.41, 5.74) is 1.33. The molecular weight excluding hydrogens is 236 g/mol. The second kappa shape index (κ2) is 5.61. The Hall–Kier alpha value is -0.420. The number of hydrogen-bond acceptors (Lipinski definition) is 2. The van der Waals surface area contributed by atoms with E-state index < -0.39 is 16.9 Å². The quantitative estimate of drug-likeness (QED) is 0.658. The number of hydrogen-bond donors (Lipinski definition) is 1. The summed E-state index contributed by atoms with van der Waals surface area (Å²) >= 11 is 3.50. The van der Waals surface area contributed by atoms with E-state index in [1.165, 1.54) is 0 Å². The minimum atomic E-state index is -2.33. The molecule has 15 heavy (non-hydrogen) atoms. The lowest BCUT2D eigenvalue weighted by Crippen LogP contribution is -2.15. The van der Waals surface area contributed by atoms with Crippen LogP contribution in [0.1, 0.15) is 24.0 Å². The molecule has 84 valence electrons. The molecule has 0 spiro atoms. The molecule has 0 fully saturated rings. The van der Waals surface area contributed by atoms with Crippen LogP contribution < -0.4 is 0 Å². The summed E-state index contributed by atoms with van der Waals surface area (Å²) in [6.45, 7) is 3.83. The van der Waals surface area contributed by atoms with Crippen molar-refractivity contribution in [1.82, 2.24) is 0 Å². The van der Waals surface area contributed by atoms with Crippen molar-refractivity contribution in [2.24, 2.45) is 0 Å². The first-order chi connectivity index (χ1) is 7.00. The van der Waals surface area contributed by atoms with Crippen molar-refractivity contribution in [3.63, 3.8) is 0 Å².